The van der Waals surface area contributed by atoms with Crippen LogP contribution in [-0.2, 0) is 9.59 Å². The van der Waals surface area contributed by atoms with Gasteiger partial charge in [-0.3, -0.25) is 9.59 Å². The Balaban J connectivity index is 4.27. The molecule has 2 atom stereocenters. The van der Waals surface area contributed by atoms with Crippen LogP contribution in [0.5, 0.6) is 0 Å². The number of hydrogen-bond donors (Lipinski definition) is 3. The second kappa shape index (κ2) is 4.81. The molecule has 0 aliphatic rings. The highest BCUT2D eigenvalue weighted by molar-refractivity contribution is 5.75. The Kier molecular flexibility index (Phi) is 4.40. The van der Waals surface area contributed by atoms with Gasteiger partial charge in [-0.1, -0.05) is 13.8 Å². The first-order valence-corrected chi connectivity index (χ1v) is 4.07. The summed E-state index contributed by atoms with van der Waals surface area (Å²) < 4.78 is 0. The van der Waals surface area contributed by atoms with Gasteiger partial charge in [0.25, 0.3) is 0 Å². The predicted molar refractivity (Wildman–Crippen MR) is 46.2 cm³/mol. The summed E-state index contributed by atoms with van der Waals surface area (Å²) in [7, 11) is 0. The molecule has 0 aromatic carbocycles. The van der Waals surface area contributed by atoms with E-state index in [4.69, 9.17) is 15.9 Å². The molecule has 13 heavy (non-hydrogen) atoms. The molecule has 5 heteroatoms. The molecule has 0 radical (unpaired) electrons. The maximum Gasteiger partial charge on any atom is 0.320 e. The largest absolute Gasteiger partial charge is 0.481 e. The molecule has 5 nitrogen and oxygen atoms in total. The Bertz CT molecular complexity index is 202. The van der Waals surface area contributed by atoms with Crippen molar-refractivity contribution in [3.63, 3.8) is 0 Å². The zero-order chi connectivity index (χ0) is 10.6. The third-order valence-electron chi connectivity index (χ3n) is 1.95. The van der Waals surface area contributed by atoms with E-state index in [1.807, 2.05) is 0 Å². The van der Waals surface area contributed by atoms with E-state index in [0.717, 1.165) is 0 Å². The molecule has 0 bridgehead atoms. The van der Waals surface area contributed by atoms with E-state index in [1.54, 1.807) is 13.8 Å². The average molecular weight is 189 g/mol. The Morgan fingerprint density at radius 3 is 1.92 bits per heavy atom. The Labute approximate surface area is 76.5 Å². The number of carboxylic acids is 2. The number of carboxylic acid groups (broad SMARTS) is 2. The topological polar surface area (TPSA) is 101 Å². The van der Waals surface area contributed by atoms with E-state index in [2.05, 4.69) is 0 Å². The van der Waals surface area contributed by atoms with Crippen molar-refractivity contribution in [3.05, 3.63) is 0 Å². The highest BCUT2D eigenvalue weighted by atomic mass is 16.4. The summed E-state index contributed by atoms with van der Waals surface area (Å²) in [6, 6.07) is -1.09. The first-order chi connectivity index (χ1) is 5.86. The number of carbonyl (C=O) groups is 2. The lowest BCUT2D eigenvalue weighted by Gasteiger charge is -2.17. The molecule has 0 aromatic rings. The lowest BCUT2D eigenvalue weighted by Crippen LogP contribution is -2.36. The van der Waals surface area contributed by atoms with Gasteiger partial charge in [-0.2, -0.15) is 0 Å². The Morgan fingerprint density at radius 2 is 1.69 bits per heavy atom. The minimum atomic E-state index is -1.16. The van der Waals surface area contributed by atoms with Gasteiger partial charge in [-0.25, -0.2) is 0 Å². The molecule has 0 fully saturated rings. The number of hydrogen-bond acceptors (Lipinski definition) is 3. The van der Waals surface area contributed by atoms with Gasteiger partial charge < -0.3 is 15.9 Å². The average Bonchev–Trinajstić information content (AvgIpc) is 1.97. The molecule has 0 unspecified atom stereocenters. The minimum Gasteiger partial charge on any atom is -0.481 e. The van der Waals surface area contributed by atoms with E-state index < -0.39 is 23.9 Å². The minimum absolute atomic E-state index is 0.0255. The molecule has 0 saturated carbocycles. The van der Waals surface area contributed by atoms with Crippen LogP contribution in [-0.4, -0.2) is 28.2 Å². The third kappa shape index (κ3) is 3.89. The van der Waals surface area contributed by atoms with Crippen molar-refractivity contribution in [2.24, 2.45) is 17.6 Å². The van der Waals surface area contributed by atoms with Crippen LogP contribution >= 0.6 is 0 Å². The maximum absolute atomic E-state index is 10.7. The Hall–Kier alpha value is -1.10. The lowest BCUT2D eigenvalue weighted by atomic mass is 9.90. The predicted octanol–water partition coefficient (Wildman–Crippen LogP) is 0.145. The van der Waals surface area contributed by atoms with E-state index in [9.17, 15) is 9.59 Å². The summed E-state index contributed by atoms with van der Waals surface area (Å²) in [6.07, 6.45) is -0.0255. The van der Waals surface area contributed by atoms with Gasteiger partial charge in [0, 0.05) is 0 Å². The summed E-state index contributed by atoms with van der Waals surface area (Å²) in [6.45, 7) is 3.46. The molecule has 0 aromatic heterocycles. The van der Waals surface area contributed by atoms with Crippen LogP contribution < -0.4 is 5.73 Å². The fourth-order valence-electron chi connectivity index (χ4n) is 1.03. The first-order valence-electron chi connectivity index (χ1n) is 4.07. The highest BCUT2D eigenvalue weighted by Gasteiger charge is 2.26. The smallest absolute Gasteiger partial charge is 0.320 e. The summed E-state index contributed by atoms with van der Waals surface area (Å²) in [5, 5.41) is 17.2. The standard InChI is InChI=1S/C8H15NO4/c1-4(2)5(7(10)11)3-6(9)8(12)13/h4-6H,3,9H2,1-2H3,(H,10,11)(H,12,13)/t5-,6-/m0/s1. The number of aliphatic carboxylic acids is 2. The van der Waals surface area contributed by atoms with E-state index in [-0.39, 0.29) is 12.3 Å². The van der Waals surface area contributed by atoms with Crippen LogP contribution in [0, 0.1) is 11.8 Å². The fraction of sp³-hybridized carbons (Fsp3) is 0.750. The zero-order valence-electron chi connectivity index (χ0n) is 7.73. The summed E-state index contributed by atoms with van der Waals surface area (Å²) in [5.74, 6) is -2.95. The van der Waals surface area contributed by atoms with Crippen LogP contribution in [0.3, 0.4) is 0 Å². The van der Waals surface area contributed by atoms with E-state index in [1.165, 1.54) is 0 Å². The van der Waals surface area contributed by atoms with Gasteiger partial charge >= 0.3 is 11.9 Å². The first kappa shape index (κ1) is 11.9. The molecular weight excluding hydrogens is 174 g/mol. The van der Waals surface area contributed by atoms with Crippen LogP contribution in [0.25, 0.3) is 0 Å². The van der Waals surface area contributed by atoms with Crippen LogP contribution in [0.1, 0.15) is 20.3 Å². The van der Waals surface area contributed by atoms with Crippen LogP contribution in [0.2, 0.25) is 0 Å². The lowest BCUT2D eigenvalue weighted by molar-refractivity contribution is -0.145. The molecule has 0 amide bonds. The zero-order valence-corrected chi connectivity index (χ0v) is 7.73. The third-order valence-corrected chi connectivity index (χ3v) is 1.95. The van der Waals surface area contributed by atoms with Crippen molar-refractivity contribution in [2.75, 3.05) is 0 Å². The molecule has 0 aliphatic heterocycles. The molecule has 0 heterocycles. The molecular formula is C8H15NO4. The second-order valence-corrected chi connectivity index (χ2v) is 3.37. The Morgan fingerprint density at radius 1 is 1.23 bits per heavy atom. The number of nitrogens with two attached hydrogens (primary N) is 1. The van der Waals surface area contributed by atoms with Gasteiger partial charge in [-0.15, -0.1) is 0 Å². The molecule has 0 aliphatic carbocycles. The monoisotopic (exact) mass is 189 g/mol. The van der Waals surface area contributed by atoms with Gasteiger partial charge in [0.1, 0.15) is 6.04 Å². The second-order valence-electron chi connectivity index (χ2n) is 3.37. The SMILES string of the molecule is CC(C)[C@H](C[C@H](N)C(=O)O)C(=O)O. The van der Waals surface area contributed by atoms with Crippen molar-refractivity contribution in [3.8, 4) is 0 Å². The summed E-state index contributed by atoms with van der Waals surface area (Å²) in [4.78, 5) is 21.0. The van der Waals surface area contributed by atoms with Crippen molar-refractivity contribution in [1.82, 2.24) is 0 Å². The molecule has 4 N–H and O–H groups in total. The van der Waals surface area contributed by atoms with Crippen molar-refractivity contribution in [1.29, 1.82) is 0 Å². The molecule has 76 valence electrons. The molecule has 0 rings (SSSR count). The highest BCUT2D eigenvalue weighted by Crippen LogP contribution is 2.16. The normalized spacial score (nSPS) is 15.4. The van der Waals surface area contributed by atoms with Crippen LogP contribution in [0.15, 0.2) is 0 Å². The van der Waals surface area contributed by atoms with Gasteiger partial charge in [0.15, 0.2) is 0 Å². The van der Waals surface area contributed by atoms with Crippen molar-refractivity contribution < 1.29 is 19.8 Å². The fourth-order valence-corrected chi connectivity index (χ4v) is 1.03. The van der Waals surface area contributed by atoms with E-state index >= 15 is 0 Å². The summed E-state index contributed by atoms with van der Waals surface area (Å²) in [5.41, 5.74) is 5.23. The quantitative estimate of drug-likeness (QED) is 0.571. The maximum atomic E-state index is 10.7. The number of rotatable bonds is 5. The van der Waals surface area contributed by atoms with Crippen LogP contribution in [0.4, 0.5) is 0 Å². The van der Waals surface area contributed by atoms with Crippen molar-refractivity contribution >= 4 is 11.9 Å². The van der Waals surface area contributed by atoms with Gasteiger partial charge in [0.2, 0.25) is 0 Å². The van der Waals surface area contributed by atoms with Crippen molar-refractivity contribution in [2.45, 2.75) is 26.3 Å². The van der Waals surface area contributed by atoms with E-state index in [0.29, 0.717) is 0 Å². The van der Waals surface area contributed by atoms with Gasteiger partial charge in [-0.05, 0) is 12.3 Å². The molecule has 0 saturated heterocycles. The molecule has 0 spiro atoms. The summed E-state index contributed by atoms with van der Waals surface area (Å²) >= 11 is 0. The van der Waals surface area contributed by atoms with Gasteiger partial charge in [0.05, 0.1) is 5.92 Å².